The summed E-state index contributed by atoms with van der Waals surface area (Å²) in [6.07, 6.45) is 5.04. The zero-order valence-corrected chi connectivity index (χ0v) is 12.9. The van der Waals surface area contributed by atoms with Crippen molar-refractivity contribution in [3.05, 3.63) is 0 Å². The molecule has 1 fully saturated rings. The Bertz CT molecular complexity index is 233. The lowest BCUT2D eigenvalue weighted by Gasteiger charge is -2.56. The average molecular weight is 256 g/mol. The topological polar surface area (TPSA) is 38.5 Å². The molecule has 18 heavy (non-hydrogen) atoms. The molecule has 0 heterocycles. The highest BCUT2D eigenvalue weighted by molar-refractivity contribution is 5.06. The molecule has 108 valence electrons. The Balaban J connectivity index is 2.80. The summed E-state index contributed by atoms with van der Waals surface area (Å²) >= 11 is 0. The molecular weight excluding hydrogens is 224 g/mol. The molecular formula is C15H32N2O. The number of hydrogen-bond acceptors (Lipinski definition) is 3. The van der Waals surface area contributed by atoms with Crippen LogP contribution in [0.5, 0.6) is 0 Å². The van der Waals surface area contributed by atoms with Crippen LogP contribution >= 0.6 is 0 Å². The van der Waals surface area contributed by atoms with E-state index in [4.69, 9.17) is 10.5 Å². The second kappa shape index (κ2) is 6.88. The van der Waals surface area contributed by atoms with Gasteiger partial charge in [0, 0.05) is 31.8 Å². The fourth-order valence-corrected chi connectivity index (χ4v) is 3.33. The zero-order valence-electron chi connectivity index (χ0n) is 12.9. The van der Waals surface area contributed by atoms with Crippen LogP contribution in [0.25, 0.3) is 0 Å². The highest BCUT2D eigenvalue weighted by Crippen LogP contribution is 2.41. The summed E-state index contributed by atoms with van der Waals surface area (Å²) in [5, 5.41) is 0. The molecule has 1 aliphatic rings. The van der Waals surface area contributed by atoms with Crippen LogP contribution in [-0.2, 0) is 4.74 Å². The highest BCUT2D eigenvalue weighted by Gasteiger charge is 2.49. The predicted octanol–water partition coefficient (Wildman–Crippen LogP) is 2.64. The Morgan fingerprint density at radius 1 is 1.28 bits per heavy atom. The smallest absolute Gasteiger partial charge is 0.0607 e. The Morgan fingerprint density at radius 3 is 2.17 bits per heavy atom. The molecule has 0 aromatic heterocycles. The fourth-order valence-electron chi connectivity index (χ4n) is 3.33. The summed E-state index contributed by atoms with van der Waals surface area (Å²) in [6, 6.07) is 0.661. The van der Waals surface area contributed by atoms with Gasteiger partial charge in [0.2, 0.25) is 0 Å². The monoisotopic (exact) mass is 256 g/mol. The number of nitrogens with two attached hydrogens (primary N) is 1. The van der Waals surface area contributed by atoms with E-state index >= 15 is 0 Å². The summed E-state index contributed by atoms with van der Waals surface area (Å²) in [5.41, 5.74) is 6.31. The maximum Gasteiger partial charge on any atom is 0.0607 e. The zero-order chi connectivity index (χ0) is 13.8. The van der Waals surface area contributed by atoms with Crippen LogP contribution in [0.1, 0.15) is 53.4 Å². The summed E-state index contributed by atoms with van der Waals surface area (Å²) in [6.45, 7) is 11.1. The van der Waals surface area contributed by atoms with Crippen LogP contribution in [0, 0.1) is 5.92 Å². The first-order chi connectivity index (χ1) is 8.52. The van der Waals surface area contributed by atoms with E-state index in [1.807, 2.05) is 7.11 Å². The molecule has 1 aliphatic carbocycles. The molecule has 0 atom stereocenters. The highest BCUT2D eigenvalue weighted by atomic mass is 16.5. The van der Waals surface area contributed by atoms with Gasteiger partial charge in [-0.05, 0) is 31.6 Å². The SMILES string of the molecule is CCC(CC)N(CC(C)C)C1(CN)CC(OC)C1. The van der Waals surface area contributed by atoms with Crippen molar-refractivity contribution in [2.24, 2.45) is 11.7 Å². The largest absolute Gasteiger partial charge is 0.381 e. The number of nitrogens with zero attached hydrogens (tertiary/aromatic N) is 1. The molecule has 1 saturated carbocycles. The maximum absolute atomic E-state index is 6.11. The van der Waals surface area contributed by atoms with E-state index in [-0.39, 0.29) is 5.54 Å². The van der Waals surface area contributed by atoms with Crippen LogP contribution in [-0.4, -0.2) is 42.8 Å². The van der Waals surface area contributed by atoms with Gasteiger partial charge in [0.15, 0.2) is 0 Å². The van der Waals surface area contributed by atoms with Crippen molar-refractivity contribution >= 4 is 0 Å². The molecule has 0 bridgehead atoms. The van der Waals surface area contributed by atoms with Crippen LogP contribution in [0.2, 0.25) is 0 Å². The van der Waals surface area contributed by atoms with E-state index in [1.54, 1.807) is 0 Å². The number of rotatable bonds is 8. The van der Waals surface area contributed by atoms with Gasteiger partial charge in [-0.15, -0.1) is 0 Å². The molecule has 0 aliphatic heterocycles. The summed E-state index contributed by atoms with van der Waals surface area (Å²) in [5.74, 6) is 0.690. The summed E-state index contributed by atoms with van der Waals surface area (Å²) in [7, 11) is 1.81. The standard InChI is InChI=1S/C15H32N2O/c1-6-13(7-2)17(10-12(3)4)15(11-16)8-14(9-15)18-5/h12-14H,6-11,16H2,1-5H3. The summed E-state index contributed by atoms with van der Waals surface area (Å²) < 4.78 is 5.46. The van der Waals surface area contributed by atoms with Gasteiger partial charge in [-0.2, -0.15) is 0 Å². The van der Waals surface area contributed by atoms with Crippen LogP contribution in [0.4, 0.5) is 0 Å². The molecule has 0 radical (unpaired) electrons. The minimum atomic E-state index is 0.196. The summed E-state index contributed by atoms with van der Waals surface area (Å²) in [4.78, 5) is 2.69. The first kappa shape index (κ1) is 15.9. The van der Waals surface area contributed by atoms with Crippen molar-refractivity contribution < 1.29 is 4.74 Å². The second-order valence-corrected chi connectivity index (χ2v) is 6.21. The van der Waals surface area contributed by atoms with Crippen LogP contribution < -0.4 is 5.73 Å². The molecule has 0 unspecified atom stereocenters. The molecule has 0 saturated heterocycles. The Morgan fingerprint density at radius 2 is 1.83 bits per heavy atom. The van der Waals surface area contributed by atoms with Gasteiger partial charge < -0.3 is 10.5 Å². The molecule has 0 amide bonds. The average Bonchev–Trinajstić information content (AvgIpc) is 2.29. The second-order valence-electron chi connectivity index (χ2n) is 6.21. The van der Waals surface area contributed by atoms with Crippen molar-refractivity contribution in [1.29, 1.82) is 0 Å². The molecule has 3 heteroatoms. The molecule has 3 nitrogen and oxygen atoms in total. The van der Waals surface area contributed by atoms with E-state index in [1.165, 1.54) is 12.8 Å². The fraction of sp³-hybridized carbons (Fsp3) is 1.00. The first-order valence-corrected chi connectivity index (χ1v) is 7.52. The molecule has 0 aromatic rings. The van der Waals surface area contributed by atoms with E-state index in [2.05, 4.69) is 32.6 Å². The number of hydrogen-bond donors (Lipinski definition) is 1. The van der Waals surface area contributed by atoms with E-state index in [0.29, 0.717) is 18.1 Å². The predicted molar refractivity (Wildman–Crippen MR) is 77.7 cm³/mol. The lowest BCUT2D eigenvalue weighted by molar-refractivity contribution is -0.107. The van der Waals surface area contributed by atoms with Gasteiger partial charge in [0.1, 0.15) is 0 Å². The normalized spacial score (nSPS) is 28.2. The number of methoxy groups -OCH3 is 1. The third-order valence-corrected chi connectivity index (χ3v) is 4.48. The van der Waals surface area contributed by atoms with Gasteiger partial charge >= 0.3 is 0 Å². The Hall–Kier alpha value is -0.120. The van der Waals surface area contributed by atoms with Crippen molar-refractivity contribution in [2.45, 2.75) is 71.1 Å². The lowest BCUT2D eigenvalue weighted by atomic mass is 9.71. The molecule has 2 N–H and O–H groups in total. The van der Waals surface area contributed by atoms with E-state index in [0.717, 1.165) is 25.9 Å². The molecule has 0 spiro atoms. The lowest BCUT2D eigenvalue weighted by Crippen LogP contribution is -2.66. The number of ether oxygens (including phenoxy) is 1. The third kappa shape index (κ3) is 3.25. The minimum Gasteiger partial charge on any atom is -0.381 e. The molecule has 0 aromatic carbocycles. The van der Waals surface area contributed by atoms with Crippen LogP contribution in [0.3, 0.4) is 0 Å². The molecule has 1 rings (SSSR count). The van der Waals surface area contributed by atoms with Crippen molar-refractivity contribution in [1.82, 2.24) is 4.90 Å². The van der Waals surface area contributed by atoms with E-state index in [9.17, 15) is 0 Å². The van der Waals surface area contributed by atoms with Crippen molar-refractivity contribution in [3.8, 4) is 0 Å². The Labute approximate surface area is 113 Å². The minimum absolute atomic E-state index is 0.196. The van der Waals surface area contributed by atoms with Crippen molar-refractivity contribution in [3.63, 3.8) is 0 Å². The maximum atomic E-state index is 6.11. The van der Waals surface area contributed by atoms with Gasteiger partial charge in [0.25, 0.3) is 0 Å². The van der Waals surface area contributed by atoms with Gasteiger partial charge in [-0.25, -0.2) is 0 Å². The van der Waals surface area contributed by atoms with Gasteiger partial charge in [0.05, 0.1) is 6.10 Å². The third-order valence-electron chi connectivity index (χ3n) is 4.48. The van der Waals surface area contributed by atoms with E-state index < -0.39 is 0 Å². The first-order valence-electron chi connectivity index (χ1n) is 7.52. The van der Waals surface area contributed by atoms with Crippen molar-refractivity contribution in [2.75, 3.05) is 20.2 Å². The quantitative estimate of drug-likeness (QED) is 0.725. The van der Waals surface area contributed by atoms with Gasteiger partial charge in [-0.3, -0.25) is 4.90 Å². The Kier molecular flexibility index (Phi) is 6.09. The van der Waals surface area contributed by atoms with Crippen LogP contribution in [0.15, 0.2) is 0 Å². The van der Waals surface area contributed by atoms with Gasteiger partial charge in [-0.1, -0.05) is 27.7 Å².